The van der Waals surface area contributed by atoms with Crippen molar-refractivity contribution in [3.63, 3.8) is 0 Å². The maximum Gasteiger partial charge on any atom is 0.107 e. The summed E-state index contributed by atoms with van der Waals surface area (Å²) in [6, 6.07) is 0. The second kappa shape index (κ2) is 9.90. The minimum Gasteiger partial charge on any atom is -0.390 e. The molecule has 0 amide bonds. The van der Waals surface area contributed by atoms with Crippen LogP contribution in [0.3, 0.4) is 0 Å². The topological polar surface area (TPSA) is 32.8 Å². The van der Waals surface area contributed by atoms with Crippen molar-refractivity contribution in [1.82, 2.24) is 0 Å². The van der Waals surface area contributed by atoms with E-state index in [1.54, 1.807) is 0 Å². The number of aliphatic hydroxyl groups is 1. The van der Waals surface area contributed by atoms with Gasteiger partial charge >= 0.3 is 0 Å². The molecule has 0 aromatic carbocycles. The van der Waals surface area contributed by atoms with Crippen LogP contribution in [0.5, 0.6) is 0 Å². The molecule has 0 radical (unpaired) electrons. The van der Waals surface area contributed by atoms with Gasteiger partial charge in [0.2, 0.25) is 0 Å². The smallest absolute Gasteiger partial charge is 0.107 e. The van der Waals surface area contributed by atoms with Gasteiger partial charge in [0.25, 0.3) is 0 Å². The number of hydrogen-bond acceptors (Lipinski definition) is 2. The first-order valence-corrected chi connectivity index (χ1v) is 7.64. The largest absolute Gasteiger partial charge is 0.390 e. The summed E-state index contributed by atoms with van der Waals surface area (Å²) in [6.45, 7) is 3.04. The summed E-state index contributed by atoms with van der Waals surface area (Å²) in [5.41, 5.74) is 0. The molecule has 0 aromatic rings. The molecule has 0 aliphatic carbocycles. The SMILES string of the molecule is CCCCCCCCCCCC[C@@H](O)[C@@H]1CO1. The van der Waals surface area contributed by atoms with Gasteiger partial charge in [-0.05, 0) is 6.42 Å². The Morgan fingerprint density at radius 2 is 1.41 bits per heavy atom. The van der Waals surface area contributed by atoms with Crippen LogP contribution in [0.4, 0.5) is 0 Å². The second-order valence-corrected chi connectivity index (χ2v) is 5.41. The van der Waals surface area contributed by atoms with Crippen molar-refractivity contribution in [1.29, 1.82) is 0 Å². The summed E-state index contributed by atoms with van der Waals surface area (Å²) in [7, 11) is 0. The van der Waals surface area contributed by atoms with Gasteiger partial charge in [-0.1, -0.05) is 71.1 Å². The molecule has 1 N–H and O–H groups in total. The highest BCUT2D eigenvalue weighted by Gasteiger charge is 2.30. The lowest BCUT2D eigenvalue weighted by atomic mass is 10.0. The lowest BCUT2D eigenvalue weighted by Gasteiger charge is -2.06. The molecule has 2 heteroatoms. The third-order valence-electron chi connectivity index (χ3n) is 3.64. The number of ether oxygens (including phenoxy) is 1. The van der Waals surface area contributed by atoms with Crippen molar-refractivity contribution < 1.29 is 9.84 Å². The Kier molecular flexibility index (Phi) is 8.72. The third kappa shape index (κ3) is 8.62. The van der Waals surface area contributed by atoms with Gasteiger partial charge in [0, 0.05) is 0 Å². The van der Waals surface area contributed by atoms with Crippen molar-refractivity contribution in [2.24, 2.45) is 0 Å². The van der Waals surface area contributed by atoms with Crippen LogP contribution in [0, 0.1) is 0 Å². The van der Waals surface area contributed by atoms with Gasteiger partial charge in [0.05, 0.1) is 12.7 Å². The van der Waals surface area contributed by atoms with E-state index in [1.165, 1.54) is 57.8 Å². The molecule has 1 heterocycles. The van der Waals surface area contributed by atoms with E-state index in [0.717, 1.165) is 19.4 Å². The minimum atomic E-state index is -0.191. The van der Waals surface area contributed by atoms with Gasteiger partial charge in [0.15, 0.2) is 0 Å². The monoisotopic (exact) mass is 242 g/mol. The van der Waals surface area contributed by atoms with Gasteiger partial charge in [-0.15, -0.1) is 0 Å². The molecule has 1 rings (SSSR count). The number of unbranched alkanes of at least 4 members (excludes halogenated alkanes) is 9. The van der Waals surface area contributed by atoms with E-state index in [-0.39, 0.29) is 12.2 Å². The van der Waals surface area contributed by atoms with E-state index in [0.29, 0.717) is 0 Å². The summed E-state index contributed by atoms with van der Waals surface area (Å²) in [5.74, 6) is 0. The van der Waals surface area contributed by atoms with Crippen LogP contribution in [0.1, 0.15) is 77.6 Å². The predicted octanol–water partition coefficient (Wildman–Crippen LogP) is 4.06. The summed E-state index contributed by atoms with van der Waals surface area (Å²) in [6.07, 6.45) is 14.5. The maximum absolute atomic E-state index is 9.59. The average Bonchev–Trinajstić information content (AvgIpc) is 3.15. The fourth-order valence-electron chi connectivity index (χ4n) is 2.30. The lowest BCUT2D eigenvalue weighted by molar-refractivity contribution is 0.123. The molecular formula is C15H30O2. The fraction of sp³-hybridized carbons (Fsp3) is 1.00. The highest BCUT2D eigenvalue weighted by atomic mass is 16.6. The van der Waals surface area contributed by atoms with Crippen LogP contribution >= 0.6 is 0 Å². The van der Waals surface area contributed by atoms with Crippen molar-refractivity contribution >= 4 is 0 Å². The third-order valence-corrected chi connectivity index (χ3v) is 3.64. The highest BCUT2D eigenvalue weighted by Crippen LogP contribution is 2.19. The number of hydrogen-bond donors (Lipinski definition) is 1. The molecule has 2 nitrogen and oxygen atoms in total. The molecule has 102 valence electrons. The van der Waals surface area contributed by atoms with E-state index < -0.39 is 0 Å². The molecule has 0 spiro atoms. The molecule has 0 aromatic heterocycles. The van der Waals surface area contributed by atoms with Crippen LogP contribution in [0.25, 0.3) is 0 Å². The summed E-state index contributed by atoms with van der Waals surface area (Å²) >= 11 is 0. The molecule has 0 saturated carbocycles. The van der Waals surface area contributed by atoms with Gasteiger partial charge in [-0.25, -0.2) is 0 Å². The lowest BCUT2D eigenvalue weighted by Crippen LogP contribution is -2.13. The van der Waals surface area contributed by atoms with Crippen molar-refractivity contribution in [2.45, 2.75) is 89.8 Å². The van der Waals surface area contributed by atoms with E-state index in [2.05, 4.69) is 6.92 Å². The Balaban J connectivity index is 1.69. The Morgan fingerprint density at radius 3 is 1.88 bits per heavy atom. The standard InChI is InChI=1S/C15H30O2/c1-2-3-4-5-6-7-8-9-10-11-12-14(16)15-13-17-15/h14-16H,2-13H2,1H3/t14-,15+/m1/s1. The van der Waals surface area contributed by atoms with Gasteiger partial charge in [-0.2, -0.15) is 0 Å². The van der Waals surface area contributed by atoms with Crippen LogP contribution in [0.2, 0.25) is 0 Å². The zero-order valence-corrected chi connectivity index (χ0v) is 11.5. The molecule has 17 heavy (non-hydrogen) atoms. The molecule has 0 unspecified atom stereocenters. The second-order valence-electron chi connectivity index (χ2n) is 5.41. The Morgan fingerprint density at radius 1 is 0.941 bits per heavy atom. The zero-order chi connectivity index (χ0) is 12.3. The molecule has 2 atom stereocenters. The Hall–Kier alpha value is -0.0800. The van der Waals surface area contributed by atoms with E-state index in [9.17, 15) is 5.11 Å². The highest BCUT2D eigenvalue weighted by molar-refractivity contribution is 4.77. The zero-order valence-electron chi connectivity index (χ0n) is 11.5. The normalized spacial score (nSPS) is 20.5. The summed E-state index contributed by atoms with van der Waals surface area (Å²) in [5, 5.41) is 9.59. The Bertz CT molecular complexity index is 166. The van der Waals surface area contributed by atoms with Crippen LogP contribution < -0.4 is 0 Å². The maximum atomic E-state index is 9.59. The first-order chi connectivity index (χ1) is 8.34. The van der Waals surface area contributed by atoms with Gasteiger partial charge < -0.3 is 9.84 Å². The van der Waals surface area contributed by atoms with Crippen LogP contribution in [0.15, 0.2) is 0 Å². The molecule has 0 bridgehead atoms. The number of rotatable bonds is 12. The fourth-order valence-corrected chi connectivity index (χ4v) is 2.30. The van der Waals surface area contributed by atoms with Gasteiger partial charge in [-0.3, -0.25) is 0 Å². The van der Waals surface area contributed by atoms with Crippen molar-refractivity contribution in [3.8, 4) is 0 Å². The predicted molar refractivity (Wildman–Crippen MR) is 72.2 cm³/mol. The average molecular weight is 242 g/mol. The first kappa shape index (κ1) is 15.0. The molecule has 1 saturated heterocycles. The molecule has 1 aliphatic rings. The summed E-state index contributed by atoms with van der Waals surface area (Å²) in [4.78, 5) is 0. The van der Waals surface area contributed by atoms with E-state index in [1.807, 2.05) is 0 Å². The van der Waals surface area contributed by atoms with Crippen LogP contribution in [-0.4, -0.2) is 23.9 Å². The molecular weight excluding hydrogens is 212 g/mol. The molecule has 1 fully saturated rings. The quantitative estimate of drug-likeness (QED) is 0.413. The van der Waals surface area contributed by atoms with Crippen LogP contribution in [-0.2, 0) is 4.74 Å². The van der Waals surface area contributed by atoms with E-state index >= 15 is 0 Å². The first-order valence-electron chi connectivity index (χ1n) is 7.64. The Labute approximate surface area is 107 Å². The van der Waals surface area contributed by atoms with Crippen molar-refractivity contribution in [3.05, 3.63) is 0 Å². The van der Waals surface area contributed by atoms with E-state index in [4.69, 9.17) is 4.74 Å². The number of aliphatic hydroxyl groups excluding tert-OH is 1. The summed E-state index contributed by atoms with van der Waals surface area (Å²) < 4.78 is 5.06. The van der Waals surface area contributed by atoms with Crippen molar-refractivity contribution in [2.75, 3.05) is 6.61 Å². The number of epoxide rings is 1. The molecule has 1 aliphatic heterocycles. The minimum absolute atomic E-state index is 0.175. The van der Waals surface area contributed by atoms with Gasteiger partial charge in [0.1, 0.15) is 6.10 Å².